The molecule has 6 heteroatoms. The van der Waals surface area contributed by atoms with E-state index in [0.29, 0.717) is 5.56 Å². The Morgan fingerprint density at radius 3 is 2.76 bits per heavy atom. The number of nitrogens with zero attached hydrogens (tertiary/aromatic N) is 1. The molecule has 1 aromatic heterocycles. The summed E-state index contributed by atoms with van der Waals surface area (Å²) in [6, 6.07) is 8.34. The van der Waals surface area contributed by atoms with Crippen molar-refractivity contribution in [3.63, 3.8) is 0 Å². The van der Waals surface area contributed by atoms with Crippen LogP contribution < -0.4 is 5.32 Å². The lowest BCUT2D eigenvalue weighted by atomic mass is 10.2. The minimum atomic E-state index is -1.11. The number of aromatic nitrogens is 1. The number of hydrogen-bond acceptors (Lipinski definition) is 3. The number of hydrogen-bond donors (Lipinski definition) is 2. The molecule has 2 aromatic rings. The number of aromatic carboxylic acids is 1. The average molecular weight is 286 g/mol. The predicted octanol–water partition coefficient (Wildman–Crippen LogP) is 2.57. The number of pyridine rings is 1. The van der Waals surface area contributed by atoms with Gasteiger partial charge in [-0.15, -0.1) is 0 Å². The maximum atomic E-state index is 13.0. The second-order valence-corrected chi connectivity index (χ2v) is 4.11. The molecule has 1 amide bonds. The van der Waals surface area contributed by atoms with Crippen molar-refractivity contribution in [2.45, 2.75) is 0 Å². The number of anilines is 1. The van der Waals surface area contributed by atoms with Gasteiger partial charge in [0, 0.05) is 12.3 Å². The number of rotatable bonds is 4. The van der Waals surface area contributed by atoms with Gasteiger partial charge in [-0.3, -0.25) is 4.79 Å². The van der Waals surface area contributed by atoms with Crippen molar-refractivity contribution in [3.8, 4) is 0 Å². The SMILES string of the molecule is O=C(C=Cc1cccc(F)c1)Nc1cc(C(=O)O)ccn1. The van der Waals surface area contributed by atoms with Crippen molar-refractivity contribution >= 4 is 23.8 Å². The van der Waals surface area contributed by atoms with E-state index in [1.807, 2.05) is 0 Å². The number of nitrogens with one attached hydrogen (secondary N) is 1. The number of carboxylic acid groups (broad SMARTS) is 1. The van der Waals surface area contributed by atoms with Crippen LogP contribution in [0.5, 0.6) is 0 Å². The van der Waals surface area contributed by atoms with Gasteiger partial charge < -0.3 is 10.4 Å². The number of halogens is 1. The van der Waals surface area contributed by atoms with E-state index in [2.05, 4.69) is 10.3 Å². The fraction of sp³-hybridized carbons (Fsp3) is 0. The van der Waals surface area contributed by atoms with E-state index in [9.17, 15) is 14.0 Å². The molecule has 0 saturated heterocycles. The van der Waals surface area contributed by atoms with Gasteiger partial charge in [-0.25, -0.2) is 14.2 Å². The predicted molar refractivity (Wildman–Crippen MR) is 75.3 cm³/mol. The maximum Gasteiger partial charge on any atom is 0.335 e. The molecule has 0 bridgehead atoms. The Morgan fingerprint density at radius 2 is 2.05 bits per heavy atom. The van der Waals surface area contributed by atoms with E-state index in [4.69, 9.17) is 5.11 Å². The molecular formula is C15H11FN2O3. The highest BCUT2D eigenvalue weighted by atomic mass is 19.1. The molecule has 1 heterocycles. The van der Waals surface area contributed by atoms with E-state index < -0.39 is 17.7 Å². The molecule has 1 aromatic carbocycles. The average Bonchev–Trinajstić information content (AvgIpc) is 2.45. The molecule has 21 heavy (non-hydrogen) atoms. The second-order valence-electron chi connectivity index (χ2n) is 4.11. The summed E-state index contributed by atoms with van der Waals surface area (Å²) in [5.41, 5.74) is 0.562. The van der Waals surface area contributed by atoms with E-state index in [-0.39, 0.29) is 11.4 Å². The van der Waals surface area contributed by atoms with Crippen molar-refractivity contribution in [2.24, 2.45) is 0 Å². The van der Waals surface area contributed by atoms with Crippen LogP contribution in [-0.4, -0.2) is 22.0 Å². The summed E-state index contributed by atoms with van der Waals surface area (Å²) in [6.45, 7) is 0. The Bertz CT molecular complexity index is 714. The first-order valence-corrected chi connectivity index (χ1v) is 5.98. The van der Waals surface area contributed by atoms with Gasteiger partial charge in [0.1, 0.15) is 11.6 Å². The zero-order chi connectivity index (χ0) is 15.2. The number of benzene rings is 1. The normalized spacial score (nSPS) is 10.5. The molecule has 0 saturated carbocycles. The Morgan fingerprint density at radius 1 is 1.24 bits per heavy atom. The first kappa shape index (κ1) is 14.4. The van der Waals surface area contributed by atoms with Crippen LogP contribution in [0.15, 0.2) is 48.7 Å². The molecule has 106 valence electrons. The molecule has 0 atom stereocenters. The zero-order valence-electron chi connectivity index (χ0n) is 10.8. The molecule has 2 rings (SSSR count). The first-order valence-electron chi connectivity index (χ1n) is 5.98. The second kappa shape index (κ2) is 6.42. The zero-order valence-corrected chi connectivity index (χ0v) is 10.8. The lowest BCUT2D eigenvalue weighted by Gasteiger charge is -2.02. The molecule has 2 N–H and O–H groups in total. The van der Waals surface area contributed by atoms with Crippen molar-refractivity contribution in [3.05, 3.63) is 65.6 Å². The fourth-order valence-electron chi connectivity index (χ4n) is 1.58. The van der Waals surface area contributed by atoms with Crippen LogP contribution in [0.3, 0.4) is 0 Å². The Hall–Kier alpha value is -3.02. The third-order valence-electron chi connectivity index (χ3n) is 2.53. The lowest BCUT2D eigenvalue weighted by Crippen LogP contribution is -2.10. The van der Waals surface area contributed by atoms with Gasteiger partial charge in [-0.05, 0) is 35.9 Å². The minimum Gasteiger partial charge on any atom is -0.478 e. The summed E-state index contributed by atoms with van der Waals surface area (Å²) < 4.78 is 13.0. The van der Waals surface area contributed by atoms with Gasteiger partial charge >= 0.3 is 5.97 Å². The van der Waals surface area contributed by atoms with Crippen LogP contribution in [0.4, 0.5) is 10.2 Å². The van der Waals surface area contributed by atoms with E-state index in [1.54, 1.807) is 6.07 Å². The lowest BCUT2D eigenvalue weighted by molar-refractivity contribution is -0.111. The summed E-state index contributed by atoms with van der Waals surface area (Å²) in [4.78, 5) is 26.3. The van der Waals surface area contributed by atoms with Crippen molar-refractivity contribution < 1.29 is 19.1 Å². The largest absolute Gasteiger partial charge is 0.478 e. The quantitative estimate of drug-likeness (QED) is 0.847. The van der Waals surface area contributed by atoms with Crippen LogP contribution in [0.2, 0.25) is 0 Å². The van der Waals surface area contributed by atoms with Crippen molar-refractivity contribution in [1.82, 2.24) is 4.98 Å². The van der Waals surface area contributed by atoms with Gasteiger partial charge in [0.05, 0.1) is 5.56 Å². The van der Waals surface area contributed by atoms with Gasteiger partial charge in [0.25, 0.3) is 0 Å². The number of carbonyl (C=O) groups excluding carboxylic acids is 1. The highest BCUT2D eigenvalue weighted by molar-refractivity contribution is 6.01. The molecule has 5 nitrogen and oxygen atoms in total. The Balaban J connectivity index is 2.05. The summed E-state index contributed by atoms with van der Waals surface area (Å²) in [5.74, 6) is -1.87. The summed E-state index contributed by atoms with van der Waals surface area (Å²) in [7, 11) is 0. The molecule has 0 aliphatic rings. The molecule has 0 spiro atoms. The van der Waals surface area contributed by atoms with Gasteiger partial charge in [-0.2, -0.15) is 0 Å². The van der Waals surface area contributed by atoms with Crippen LogP contribution in [0, 0.1) is 5.82 Å². The third-order valence-corrected chi connectivity index (χ3v) is 2.53. The fourth-order valence-corrected chi connectivity index (χ4v) is 1.58. The van der Waals surface area contributed by atoms with Crippen molar-refractivity contribution in [1.29, 1.82) is 0 Å². The number of amides is 1. The number of carboxylic acids is 1. The standard InChI is InChI=1S/C15H11FN2O3/c16-12-3-1-2-10(8-12)4-5-14(19)18-13-9-11(15(20)21)6-7-17-13/h1-9H,(H,20,21)(H,17,18,19). The van der Waals surface area contributed by atoms with Gasteiger partial charge in [0.15, 0.2) is 0 Å². The summed E-state index contributed by atoms with van der Waals surface area (Å²) in [6.07, 6.45) is 3.94. The van der Waals surface area contributed by atoms with E-state index >= 15 is 0 Å². The Kier molecular flexibility index (Phi) is 4.40. The van der Waals surface area contributed by atoms with E-state index in [0.717, 1.165) is 0 Å². The van der Waals surface area contributed by atoms with E-state index in [1.165, 1.54) is 48.7 Å². The highest BCUT2D eigenvalue weighted by Gasteiger charge is 2.05. The van der Waals surface area contributed by atoms with Crippen molar-refractivity contribution in [2.75, 3.05) is 5.32 Å². The monoisotopic (exact) mass is 286 g/mol. The minimum absolute atomic E-state index is 0.0226. The first-order chi connectivity index (χ1) is 10.0. The van der Waals surface area contributed by atoms with Crippen LogP contribution in [-0.2, 0) is 4.79 Å². The Labute approximate surface area is 119 Å². The summed E-state index contributed by atoms with van der Waals surface area (Å²) in [5, 5.41) is 11.3. The molecule has 0 aliphatic carbocycles. The molecule has 0 fully saturated rings. The van der Waals surface area contributed by atoms with Crippen LogP contribution in [0.25, 0.3) is 6.08 Å². The van der Waals surface area contributed by atoms with Crippen LogP contribution >= 0.6 is 0 Å². The summed E-state index contributed by atoms with van der Waals surface area (Å²) >= 11 is 0. The maximum absolute atomic E-state index is 13.0. The number of carbonyl (C=O) groups is 2. The molecule has 0 aliphatic heterocycles. The van der Waals surface area contributed by atoms with Gasteiger partial charge in [-0.1, -0.05) is 12.1 Å². The molecule has 0 unspecified atom stereocenters. The van der Waals surface area contributed by atoms with Crippen LogP contribution in [0.1, 0.15) is 15.9 Å². The third kappa shape index (κ3) is 4.24. The molecular weight excluding hydrogens is 275 g/mol. The topological polar surface area (TPSA) is 79.3 Å². The highest BCUT2D eigenvalue weighted by Crippen LogP contribution is 2.08. The smallest absolute Gasteiger partial charge is 0.335 e. The van der Waals surface area contributed by atoms with Gasteiger partial charge in [0.2, 0.25) is 5.91 Å². The molecule has 0 radical (unpaired) electrons.